The third kappa shape index (κ3) is 7.46. The lowest BCUT2D eigenvalue weighted by atomic mass is 9.99. The van der Waals surface area contributed by atoms with Crippen molar-refractivity contribution >= 4 is 50.6 Å². The van der Waals surface area contributed by atoms with Crippen molar-refractivity contribution in [2.75, 3.05) is 0 Å². The Morgan fingerprint density at radius 1 is 0.304 bits per heavy atom. The number of hydrogen-bond acceptors (Lipinski definition) is 3. The highest BCUT2D eigenvalue weighted by atomic mass is 28.3. The van der Waals surface area contributed by atoms with Crippen molar-refractivity contribution in [1.82, 2.24) is 19.5 Å². The summed E-state index contributed by atoms with van der Waals surface area (Å²) in [6, 6.07) is 94.2. The van der Waals surface area contributed by atoms with E-state index in [9.17, 15) is 0 Å². The predicted octanol–water partition coefficient (Wildman–Crippen LogP) is 13.0. The van der Waals surface area contributed by atoms with Crippen molar-refractivity contribution in [3.05, 3.63) is 266 Å². The Labute approximate surface area is 403 Å². The predicted molar refractivity (Wildman–Crippen MR) is 290 cm³/mol. The highest BCUT2D eigenvalue weighted by molar-refractivity contribution is 7.19. The van der Waals surface area contributed by atoms with Gasteiger partial charge >= 0.3 is 0 Å². The number of rotatable bonds is 10. The number of fused-ring (bicyclic) bond motifs is 3. The Kier molecular flexibility index (Phi) is 10.7. The molecule has 0 unspecified atom stereocenters. The second-order valence-electron chi connectivity index (χ2n) is 17.6. The molecule has 69 heavy (non-hydrogen) atoms. The fourth-order valence-electron chi connectivity index (χ4n) is 10.3. The lowest BCUT2D eigenvalue weighted by Crippen LogP contribution is -2.74. The number of aryl methyl sites for hydroxylation is 1. The summed E-state index contributed by atoms with van der Waals surface area (Å²) in [5.74, 6) is 1.84. The SMILES string of the molecule is Cc1ccccc1-c1ccc2c3ccccc3n(-c3cc(-c4cccc([Si](c5ccccc5)(c5ccccc5)c5ccccc5)c4)ccc3-c3nc(-c4ccccc4)nc(-c4ccccc4)n3)c2c1. The second kappa shape index (κ2) is 17.8. The maximum atomic E-state index is 5.33. The zero-order chi connectivity index (χ0) is 46.2. The molecule has 0 bridgehead atoms. The van der Waals surface area contributed by atoms with Gasteiger partial charge in [-0.15, -0.1) is 0 Å². The first kappa shape index (κ1) is 41.6. The highest BCUT2D eigenvalue weighted by Gasteiger charge is 2.41. The second-order valence-corrected chi connectivity index (χ2v) is 21.4. The number of nitrogens with zero attached hydrogens (tertiary/aromatic N) is 4. The van der Waals surface area contributed by atoms with Gasteiger partial charge in [0.2, 0.25) is 0 Å². The first-order valence-corrected chi connectivity index (χ1v) is 25.5. The Hall–Kier alpha value is -8.77. The summed E-state index contributed by atoms with van der Waals surface area (Å²) in [5.41, 5.74) is 11.8. The van der Waals surface area contributed by atoms with Crippen LogP contribution in [-0.4, -0.2) is 27.6 Å². The molecule has 0 aliphatic rings. The molecule has 4 nitrogen and oxygen atoms in total. The van der Waals surface area contributed by atoms with Crippen LogP contribution in [-0.2, 0) is 0 Å². The van der Waals surface area contributed by atoms with E-state index in [1.54, 1.807) is 0 Å². The maximum Gasteiger partial charge on any atom is 0.179 e. The molecule has 0 radical (unpaired) electrons. The lowest BCUT2D eigenvalue weighted by Gasteiger charge is -2.34. The molecule has 0 spiro atoms. The smallest absolute Gasteiger partial charge is 0.179 e. The van der Waals surface area contributed by atoms with E-state index < -0.39 is 8.07 Å². The van der Waals surface area contributed by atoms with Crippen LogP contribution in [0.3, 0.4) is 0 Å². The fourth-order valence-corrected chi connectivity index (χ4v) is 15.1. The minimum absolute atomic E-state index is 0.600. The molecule has 10 aromatic carbocycles. The molecule has 0 N–H and O–H groups in total. The van der Waals surface area contributed by atoms with Crippen LogP contribution in [0.25, 0.3) is 83.9 Å². The summed E-state index contributed by atoms with van der Waals surface area (Å²) < 4.78 is 2.43. The van der Waals surface area contributed by atoms with Crippen molar-refractivity contribution in [2.24, 2.45) is 0 Å². The van der Waals surface area contributed by atoms with Crippen LogP contribution in [0.2, 0.25) is 0 Å². The molecule has 0 saturated heterocycles. The van der Waals surface area contributed by atoms with E-state index in [2.05, 4.69) is 236 Å². The zero-order valence-electron chi connectivity index (χ0n) is 38.1. The monoisotopic (exact) mass is 898 g/mol. The molecule has 0 saturated carbocycles. The molecular weight excluding hydrogens is 853 g/mol. The van der Waals surface area contributed by atoms with Gasteiger partial charge in [-0.05, 0) is 79.8 Å². The topological polar surface area (TPSA) is 43.6 Å². The largest absolute Gasteiger partial charge is 0.308 e. The molecule has 0 fully saturated rings. The summed E-state index contributed by atoms with van der Waals surface area (Å²) >= 11 is 0. The van der Waals surface area contributed by atoms with E-state index in [-0.39, 0.29) is 0 Å². The first-order valence-electron chi connectivity index (χ1n) is 23.5. The summed E-state index contributed by atoms with van der Waals surface area (Å²) in [6.45, 7) is 2.19. The molecule has 0 atom stereocenters. The Morgan fingerprint density at radius 3 is 1.38 bits per heavy atom. The van der Waals surface area contributed by atoms with Crippen LogP contribution >= 0.6 is 0 Å². The zero-order valence-corrected chi connectivity index (χ0v) is 39.1. The van der Waals surface area contributed by atoms with Gasteiger partial charge in [-0.25, -0.2) is 15.0 Å². The van der Waals surface area contributed by atoms with Crippen molar-refractivity contribution in [2.45, 2.75) is 6.92 Å². The Bertz CT molecular complexity index is 3620. The quantitative estimate of drug-likeness (QED) is 0.101. The van der Waals surface area contributed by atoms with Gasteiger partial charge in [0, 0.05) is 27.5 Å². The molecular formula is C64H46N4Si. The van der Waals surface area contributed by atoms with Gasteiger partial charge in [0.1, 0.15) is 0 Å². The molecule has 12 rings (SSSR count). The number of benzene rings is 10. The average Bonchev–Trinajstić information content (AvgIpc) is 3.76. The molecule has 326 valence electrons. The number of aromatic nitrogens is 4. The summed E-state index contributed by atoms with van der Waals surface area (Å²) in [4.78, 5) is 15.7. The fraction of sp³-hybridized carbons (Fsp3) is 0.0156. The van der Waals surface area contributed by atoms with E-state index in [1.807, 2.05) is 36.4 Å². The van der Waals surface area contributed by atoms with E-state index in [4.69, 9.17) is 15.0 Å². The van der Waals surface area contributed by atoms with Crippen LogP contribution in [0, 0.1) is 6.92 Å². The van der Waals surface area contributed by atoms with Crippen LogP contribution in [0.15, 0.2) is 261 Å². The minimum atomic E-state index is -2.82. The molecule has 5 heteroatoms. The number of para-hydroxylation sites is 1. The van der Waals surface area contributed by atoms with Crippen LogP contribution in [0.4, 0.5) is 0 Å². The van der Waals surface area contributed by atoms with E-state index >= 15 is 0 Å². The van der Waals surface area contributed by atoms with Crippen molar-refractivity contribution in [3.8, 4) is 62.1 Å². The first-order chi connectivity index (χ1) is 34.1. The standard InChI is InChI=1S/C64H46N4Si/c1-45-22-17-18-35-55(45)50-39-40-57-56-36-19-20-37-59(56)68(60(57)44-50)61-43-49(38-41-58(61)64-66-62(46-23-7-2-8-24-46)65-63(67-64)47-25-9-3-10-26-47)48-27-21-34-54(42-48)69(51-28-11-4-12-29-51,52-30-13-5-14-31-52)53-32-15-6-16-33-53/h2-44H,1H3. The molecule has 0 aliphatic heterocycles. The van der Waals surface area contributed by atoms with Gasteiger partial charge in [0.05, 0.1) is 16.7 Å². The van der Waals surface area contributed by atoms with Crippen molar-refractivity contribution in [1.29, 1.82) is 0 Å². The Balaban J connectivity index is 1.14. The molecule has 0 aliphatic carbocycles. The van der Waals surface area contributed by atoms with Crippen LogP contribution in [0.1, 0.15) is 5.56 Å². The van der Waals surface area contributed by atoms with E-state index in [0.717, 1.165) is 50.1 Å². The van der Waals surface area contributed by atoms with E-state index in [1.165, 1.54) is 42.6 Å². The third-order valence-corrected chi connectivity index (χ3v) is 18.3. The van der Waals surface area contributed by atoms with Crippen molar-refractivity contribution < 1.29 is 0 Å². The number of hydrogen-bond donors (Lipinski definition) is 0. The third-order valence-electron chi connectivity index (χ3n) is 13.6. The maximum absolute atomic E-state index is 5.33. The summed E-state index contributed by atoms with van der Waals surface area (Å²) in [7, 11) is -2.82. The molecule has 2 heterocycles. The summed E-state index contributed by atoms with van der Waals surface area (Å²) in [6.07, 6.45) is 0. The van der Waals surface area contributed by atoms with Gasteiger partial charge in [-0.1, -0.05) is 237 Å². The van der Waals surface area contributed by atoms with Crippen molar-refractivity contribution in [3.63, 3.8) is 0 Å². The molecule has 12 aromatic rings. The van der Waals surface area contributed by atoms with Gasteiger partial charge in [0.15, 0.2) is 25.5 Å². The average molecular weight is 899 g/mol. The van der Waals surface area contributed by atoms with Gasteiger partial charge < -0.3 is 4.57 Å². The summed E-state index contributed by atoms with van der Waals surface area (Å²) in [5, 5.41) is 7.68. The van der Waals surface area contributed by atoms with E-state index in [0.29, 0.717) is 17.5 Å². The minimum Gasteiger partial charge on any atom is -0.308 e. The molecule has 0 amide bonds. The normalized spacial score (nSPS) is 11.6. The lowest BCUT2D eigenvalue weighted by molar-refractivity contribution is 1.06. The molecule has 2 aromatic heterocycles. The highest BCUT2D eigenvalue weighted by Crippen LogP contribution is 2.40. The van der Waals surface area contributed by atoms with Gasteiger partial charge in [-0.3, -0.25) is 0 Å². The van der Waals surface area contributed by atoms with Crippen LogP contribution in [0.5, 0.6) is 0 Å². The Morgan fingerprint density at radius 2 is 0.768 bits per heavy atom. The van der Waals surface area contributed by atoms with Gasteiger partial charge in [0.25, 0.3) is 0 Å². The van der Waals surface area contributed by atoms with Gasteiger partial charge in [-0.2, -0.15) is 0 Å². The van der Waals surface area contributed by atoms with Crippen LogP contribution < -0.4 is 20.7 Å².